The average Bonchev–Trinajstić information content (AvgIpc) is 3.00. The zero-order valence-corrected chi connectivity index (χ0v) is 14.2. The molecule has 0 amide bonds. The molecule has 0 fully saturated rings. The fourth-order valence-corrected chi connectivity index (χ4v) is 2.97. The Morgan fingerprint density at radius 2 is 2.35 bits per heavy atom. The van der Waals surface area contributed by atoms with Gasteiger partial charge >= 0.3 is 0 Å². The summed E-state index contributed by atoms with van der Waals surface area (Å²) in [5.41, 5.74) is 7.71. The van der Waals surface area contributed by atoms with E-state index >= 15 is 0 Å². The second-order valence-electron chi connectivity index (χ2n) is 4.38. The van der Waals surface area contributed by atoms with Crippen LogP contribution in [0.4, 0.5) is 10.8 Å². The third-order valence-electron chi connectivity index (χ3n) is 2.73. The quantitative estimate of drug-likeness (QED) is 0.341. The molecular formula is C14H15N7S2. The first kappa shape index (κ1) is 16.8. The predicted octanol–water partition coefficient (Wildman–Crippen LogP) is 2.88. The van der Waals surface area contributed by atoms with E-state index in [0.717, 1.165) is 16.9 Å². The third-order valence-corrected chi connectivity index (χ3v) is 4.22. The molecule has 2 aromatic rings. The van der Waals surface area contributed by atoms with Crippen LogP contribution in [0.15, 0.2) is 34.6 Å². The highest BCUT2D eigenvalue weighted by Crippen LogP contribution is 2.28. The number of nitrogens with one attached hydrogen (secondary N) is 2. The zero-order valence-electron chi connectivity index (χ0n) is 12.6. The monoisotopic (exact) mass is 345 g/mol. The van der Waals surface area contributed by atoms with Gasteiger partial charge in [-0.3, -0.25) is 10.3 Å². The van der Waals surface area contributed by atoms with E-state index in [2.05, 4.69) is 15.3 Å². The minimum absolute atomic E-state index is 0.145. The summed E-state index contributed by atoms with van der Waals surface area (Å²) in [5, 5.41) is 21.9. The summed E-state index contributed by atoms with van der Waals surface area (Å²) in [6.07, 6.45) is 3.91. The molecule has 0 unspecified atom stereocenters. The van der Waals surface area contributed by atoms with Gasteiger partial charge in [-0.05, 0) is 18.4 Å². The fourth-order valence-electron chi connectivity index (χ4n) is 1.72. The maximum Gasteiger partial charge on any atom is 0.192 e. The van der Waals surface area contributed by atoms with Gasteiger partial charge in [-0.1, -0.05) is 23.9 Å². The molecule has 4 N–H and O–H groups in total. The number of nitrogens with zero attached hydrogens (tertiary/aromatic N) is 4. The largest absolute Gasteiger partial charge is 0.370 e. The highest BCUT2D eigenvalue weighted by atomic mass is 32.2. The first-order chi connectivity index (χ1) is 11.0. The van der Waals surface area contributed by atoms with Crippen LogP contribution in [0.3, 0.4) is 0 Å². The molecule has 0 aliphatic heterocycles. The molecule has 2 rings (SSSR count). The normalized spacial score (nSPS) is 10.9. The molecule has 0 aliphatic carbocycles. The Labute approximate surface area is 142 Å². The molecule has 0 atom stereocenters. The van der Waals surface area contributed by atoms with Crippen LogP contribution in [-0.2, 0) is 0 Å². The van der Waals surface area contributed by atoms with Crippen molar-refractivity contribution in [2.75, 3.05) is 18.6 Å². The van der Waals surface area contributed by atoms with Gasteiger partial charge in [-0.2, -0.15) is 5.26 Å². The number of amidine groups is 1. The number of nitriles is 1. The highest BCUT2D eigenvalue weighted by Gasteiger charge is 2.07. The first-order valence-electron chi connectivity index (χ1n) is 6.46. The summed E-state index contributed by atoms with van der Waals surface area (Å²) in [6, 6.07) is 7.58. The second kappa shape index (κ2) is 7.62. The molecule has 7 nitrogen and oxygen atoms in total. The number of hydrogen-bond acceptors (Lipinski definition) is 6. The molecule has 0 aliphatic rings. The Balaban J connectivity index is 2.29. The second-order valence-corrected chi connectivity index (χ2v) is 6.02. The highest BCUT2D eigenvalue weighted by molar-refractivity contribution is 8.13. The van der Waals surface area contributed by atoms with Crippen molar-refractivity contribution in [1.82, 2.24) is 9.88 Å². The van der Waals surface area contributed by atoms with Crippen molar-refractivity contribution in [3.05, 3.63) is 29.6 Å². The van der Waals surface area contributed by atoms with Crippen LogP contribution in [-0.4, -0.2) is 34.3 Å². The van der Waals surface area contributed by atoms with E-state index in [1.807, 2.05) is 42.1 Å². The van der Waals surface area contributed by atoms with E-state index in [-0.39, 0.29) is 5.96 Å². The average molecular weight is 345 g/mol. The van der Waals surface area contributed by atoms with Gasteiger partial charge in [0.2, 0.25) is 0 Å². The summed E-state index contributed by atoms with van der Waals surface area (Å²) < 4.78 is 0. The standard InChI is InChI=1S/C14H15N7S2/c1-21(8-15)14(22-2)18-10-5-3-4-9(6-10)11-7-23-13(19-11)20-12(16)17/h3-7H,1-2H3,(H4,16,17,19,20). The van der Waals surface area contributed by atoms with Gasteiger partial charge < -0.3 is 11.1 Å². The number of thiazole rings is 1. The number of anilines is 1. The van der Waals surface area contributed by atoms with Crippen molar-refractivity contribution in [1.29, 1.82) is 10.7 Å². The number of hydrogen-bond donors (Lipinski definition) is 3. The molecular weight excluding hydrogens is 330 g/mol. The van der Waals surface area contributed by atoms with Gasteiger partial charge in [0.1, 0.15) is 0 Å². The Morgan fingerprint density at radius 1 is 1.57 bits per heavy atom. The van der Waals surface area contributed by atoms with E-state index in [9.17, 15) is 0 Å². The third kappa shape index (κ3) is 4.45. The lowest BCUT2D eigenvalue weighted by Crippen LogP contribution is -2.20. The molecule has 0 radical (unpaired) electrons. The maximum absolute atomic E-state index is 8.96. The van der Waals surface area contributed by atoms with Crippen molar-refractivity contribution >= 4 is 45.0 Å². The van der Waals surface area contributed by atoms with Crippen LogP contribution in [0.25, 0.3) is 11.3 Å². The van der Waals surface area contributed by atoms with Crippen molar-refractivity contribution in [2.24, 2.45) is 10.7 Å². The van der Waals surface area contributed by atoms with Gasteiger partial charge in [0.15, 0.2) is 22.5 Å². The number of nitrogens with two attached hydrogens (primary N) is 1. The van der Waals surface area contributed by atoms with Gasteiger partial charge in [-0.25, -0.2) is 9.98 Å². The van der Waals surface area contributed by atoms with Crippen LogP contribution in [0.1, 0.15) is 0 Å². The summed E-state index contributed by atoms with van der Waals surface area (Å²) >= 11 is 2.77. The van der Waals surface area contributed by atoms with E-state index in [4.69, 9.17) is 16.4 Å². The summed E-state index contributed by atoms with van der Waals surface area (Å²) in [7, 11) is 1.67. The topological polar surface area (TPSA) is 114 Å². The predicted molar refractivity (Wildman–Crippen MR) is 97.1 cm³/mol. The summed E-state index contributed by atoms with van der Waals surface area (Å²) in [4.78, 5) is 10.3. The zero-order chi connectivity index (χ0) is 16.8. The number of guanidine groups is 1. The van der Waals surface area contributed by atoms with E-state index in [0.29, 0.717) is 10.3 Å². The fraction of sp³-hybridized carbons (Fsp3) is 0.143. The van der Waals surface area contributed by atoms with Crippen LogP contribution in [0.5, 0.6) is 0 Å². The number of aromatic nitrogens is 1. The van der Waals surface area contributed by atoms with E-state index in [1.165, 1.54) is 28.0 Å². The van der Waals surface area contributed by atoms with Gasteiger partial charge in [0.25, 0.3) is 0 Å². The van der Waals surface area contributed by atoms with Crippen LogP contribution < -0.4 is 11.1 Å². The molecule has 1 aromatic carbocycles. The molecule has 0 spiro atoms. The van der Waals surface area contributed by atoms with Gasteiger partial charge in [0, 0.05) is 18.0 Å². The summed E-state index contributed by atoms with van der Waals surface area (Å²) in [6.45, 7) is 0. The number of thioether (sulfide) groups is 1. The van der Waals surface area contributed by atoms with Crippen molar-refractivity contribution < 1.29 is 0 Å². The molecule has 9 heteroatoms. The smallest absolute Gasteiger partial charge is 0.192 e. The minimum atomic E-state index is -0.145. The van der Waals surface area contributed by atoms with Crippen LogP contribution in [0.2, 0.25) is 0 Å². The molecule has 0 saturated heterocycles. The van der Waals surface area contributed by atoms with Crippen LogP contribution >= 0.6 is 23.1 Å². The summed E-state index contributed by atoms with van der Waals surface area (Å²) in [5.74, 6) is -0.145. The molecule has 0 bridgehead atoms. The van der Waals surface area contributed by atoms with E-state index < -0.39 is 0 Å². The lowest BCUT2D eigenvalue weighted by Gasteiger charge is -2.09. The van der Waals surface area contributed by atoms with Crippen molar-refractivity contribution in [3.63, 3.8) is 0 Å². The SMILES string of the molecule is CSC(=Nc1cccc(-c2csc(NC(=N)N)n2)c1)N(C)C#N. The van der Waals surface area contributed by atoms with Crippen LogP contribution in [0, 0.1) is 16.9 Å². The molecule has 0 saturated carbocycles. The number of aliphatic imine (C=N–C) groups is 1. The Bertz CT molecular complexity index is 775. The van der Waals surface area contributed by atoms with Gasteiger partial charge in [-0.15, -0.1) is 11.3 Å². The molecule has 1 aromatic heterocycles. The van der Waals surface area contributed by atoms with Crippen molar-refractivity contribution in [2.45, 2.75) is 0 Å². The number of rotatable bonds is 3. The number of benzene rings is 1. The minimum Gasteiger partial charge on any atom is -0.370 e. The van der Waals surface area contributed by atoms with E-state index in [1.54, 1.807) is 7.05 Å². The molecule has 118 valence electrons. The van der Waals surface area contributed by atoms with Gasteiger partial charge in [0.05, 0.1) is 11.4 Å². The maximum atomic E-state index is 8.96. The van der Waals surface area contributed by atoms with Crippen molar-refractivity contribution in [3.8, 4) is 17.5 Å². The first-order valence-corrected chi connectivity index (χ1v) is 8.57. The Hall–Kier alpha value is -2.57. The molecule has 1 heterocycles. The molecule has 23 heavy (non-hydrogen) atoms. The lowest BCUT2D eigenvalue weighted by molar-refractivity contribution is 0.726. The Morgan fingerprint density at radius 3 is 3.00 bits per heavy atom. The Kier molecular flexibility index (Phi) is 5.56. The lowest BCUT2D eigenvalue weighted by atomic mass is 10.1.